The van der Waals surface area contributed by atoms with E-state index in [-0.39, 0.29) is 0 Å². The van der Waals surface area contributed by atoms with Gasteiger partial charge in [0.1, 0.15) is 5.69 Å². The Balaban J connectivity index is 1.21. The molecule has 0 radical (unpaired) electrons. The van der Waals surface area contributed by atoms with Crippen LogP contribution in [0.25, 0.3) is 115 Å². The van der Waals surface area contributed by atoms with E-state index in [2.05, 4.69) is 199 Å². The summed E-state index contributed by atoms with van der Waals surface area (Å²) < 4.78 is 2.15. The monoisotopic (exact) mass is 750 g/mol. The van der Waals surface area contributed by atoms with Crippen LogP contribution >= 0.6 is 0 Å². The molecule has 274 valence electrons. The average Bonchev–Trinajstić information content (AvgIpc) is 3.72. The molecular formula is C55H34N4. The summed E-state index contributed by atoms with van der Waals surface area (Å²) in [6.07, 6.45) is 1.85. The summed E-state index contributed by atoms with van der Waals surface area (Å²) in [6, 6.07) is 71.4. The topological polar surface area (TPSA) is 43.6 Å². The summed E-state index contributed by atoms with van der Waals surface area (Å²) in [5.41, 5.74) is 12.7. The van der Waals surface area contributed by atoms with Gasteiger partial charge in [0, 0.05) is 38.9 Å². The van der Waals surface area contributed by atoms with Gasteiger partial charge in [-0.1, -0.05) is 170 Å². The quantitative estimate of drug-likeness (QED) is 0.130. The molecule has 4 nitrogen and oxygen atoms in total. The van der Waals surface area contributed by atoms with Crippen LogP contribution in [-0.4, -0.2) is 19.7 Å². The zero-order chi connectivity index (χ0) is 38.9. The minimum Gasteiger partial charge on any atom is -0.254 e. The second-order valence-electron chi connectivity index (χ2n) is 15.1. The lowest BCUT2D eigenvalue weighted by molar-refractivity contribution is 0.918. The number of nitrogens with zero attached hydrogens (tertiary/aromatic N) is 4. The maximum absolute atomic E-state index is 5.46. The van der Waals surface area contributed by atoms with Gasteiger partial charge in [-0.05, 0) is 79.5 Å². The van der Waals surface area contributed by atoms with E-state index in [9.17, 15) is 0 Å². The van der Waals surface area contributed by atoms with Crippen LogP contribution < -0.4 is 0 Å². The van der Waals surface area contributed by atoms with Crippen LogP contribution in [0.4, 0.5) is 0 Å². The number of rotatable bonds is 5. The first-order valence-electron chi connectivity index (χ1n) is 20.0. The molecule has 0 saturated heterocycles. The van der Waals surface area contributed by atoms with E-state index >= 15 is 0 Å². The second-order valence-corrected chi connectivity index (χ2v) is 15.1. The Labute approximate surface area is 340 Å². The largest absolute Gasteiger partial charge is 0.254 e. The first kappa shape index (κ1) is 33.2. The minimum absolute atomic E-state index is 0.911. The summed E-state index contributed by atoms with van der Waals surface area (Å²) in [6.45, 7) is 0. The van der Waals surface area contributed by atoms with Crippen molar-refractivity contribution in [3.63, 3.8) is 0 Å². The van der Waals surface area contributed by atoms with Crippen molar-refractivity contribution < 1.29 is 0 Å². The van der Waals surface area contributed by atoms with E-state index in [0.717, 1.165) is 88.2 Å². The van der Waals surface area contributed by atoms with Gasteiger partial charge in [-0.2, -0.15) is 5.10 Å². The van der Waals surface area contributed by atoms with Gasteiger partial charge in [-0.3, -0.25) is 4.98 Å². The molecule has 0 atom stereocenters. The maximum Gasteiger partial charge on any atom is 0.101 e. The molecule has 0 spiro atoms. The van der Waals surface area contributed by atoms with Crippen LogP contribution in [0, 0.1) is 0 Å². The highest BCUT2D eigenvalue weighted by atomic mass is 15.3. The third-order valence-electron chi connectivity index (χ3n) is 11.8. The molecule has 12 rings (SSSR count). The SMILES string of the molecule is c1ccc(-c2cc3c(-c4c5ccccc5c(-c5ccc6ccc7cccnc7c6n5)c5ccccc45)cccc3c3c2c(-c2ccccc2)nn3-c2ccccc2)cc1. The van der Waals surface area contributed by atoms with E-state index in [0.29, 0.717) is 0 Å². The molecule has 3 heterocycles. The first-order valence-corrected chi connectivity index (χ1v) is 20.0. The predicted molar refractivity (Wildman–Crippen MR) is 246 cm³/mol. The van der Waals surface area contributed by atoms with E-state index in [4.69, 9.17) is 15.1 Å². The van der Waals surface area contributed by atoms with E-state index in [1.54, 1.807) is 0 Å². The molecular weight excluding hydrogens is 717 g/mol. The van der Waals surface area contributed by atoms with Crippen LogP contribution in [-0.2, 0) is 0 Å². The second kappa shape index (κ2) is 13.3. The summed E-state index contributed by atoms with van der Waals surface area (Å²) in [5.74, 6) is 0. The highest BCUT2D eigenvalue weighted by Crippen LogP contribution is 2.48. The lowest BCUT2D eigenvalue weighted by atomic mass is 9.84. The number of pyridine rings is 2. The third kappa shape index (κ3) is 5.20. The predicted octanol–water partition coefficient (Wildman–Crippen LogP) is 14.2. The van der Waals surface area contributed by atoms with Crippen LogP contribution in [0.2, 0.25) is 0 Å². The Morgan fingerprint density at radius 1 is 0.390 bits per heavy atom. The van der Waals surface area contributed by atoms with Gasteiger partial charge in [0.15, 0.2) is 0 Å². The van der Waals surface area contributed by atoms with E-state index in [1.807, 2.05) is 12.3 Å². The number of fused-ring (bicyclic) bond motifs is 8. The van der Waals surface area contributed by atoms with Crippen molar-refractivity contribution in [1.29, 1.82) is 0 Å². The van der Waals surface area contributed by atoms with Crippen LogP contribution in [0.15, 0.2) is 206 Å². The molecule has 0 N–H and O–H groups in total. The van der Waals surface area contributed by atoms with E-state index < -0.39 is 0 Å². The maximum atomic E-state index is 5.46. The van der Waals surface area contributed by atoms with Gasteiger partial charge in [0.25, 0.3) is 0 Å². The van der Waals surface area contributed by atoms with Crippen molar-refractivity contribution in [3.05, 3.63) is 206 Å². The normalized spacial score (nSPS) is 11.7. The van der Waals surface area contributed by atoms with E-state index in [1.165, 1.54) is 27.3 Å². The highest BCUT2D eigenvalue weighted by Gasteiger charge is 2.24. The summed E-state index contributed by atoms with van der Waals surface area (Å²) in [7, 11) is 0. The standard InChI is InChI=1S/C55H34N4/c1-4-16-35(17-5-1)46-34-47-44(27-14-28-45(47)55-51(46)52(36-18-6-2-7-19-36)58-59(55)39-21-8-3-9-22-39)49-40-23-10-12-25-42(40)50(43-26-13-11-24-41(43)49)48-32-31-38-30-29-37-20-15-33-56-53(37)54(38)57-48/h1-34H. The number of hydrogen-bond donors (Lipinski definition) is 0. The number of para-hydroxylation sites is 1. The summed E-state index contributed by atoms with van der Waals surface area (Å²) in [4.78, 5) is 10.2. The Bertz CT molecular complexity index is 3540. The molecule has 3 aromatic heterocycles. The summed E-state index contributed by atoms with van der Waals surface area (Å²) in [5, 5.41) is 15.7. The zero-order valence-corrected chi connectivity index (χ0v) is 31.9. The molecule has 12 aromatic rings. The molecule has 0 unspecified atom stereocenters. The molecule has 9 aromatic carbocycles. The molecule has 0 aliphatic carbocycles. The number of aromatic nitrogens is 4. The lowest BCUT2D eigenvalue weighted by Crippen LogP contribution is -1.97. The fraction of sp³-hybridized carbons (Fsp3) is 0. The van der Waals surface area contributed by atoms with Gasteiger partial charge < -0.3 is 0 Å². The van der Waals surface area contributed by atoms with Crippen molar-refractivity contribution in [2.75, 3.05) is 0 Å². The highest BCUT2D eigenvalue weighted by molar-refractivity contribution is 6.26. The van der Waals surface area contributed by atoms with Crippen LogP contribution in [0.5, 0.6) is 0 Å². The minimum atomic E-state index is 0.911. The molecule has 0 aliphatic rings. The molecule has 4 heteroatoms. The average molecular weight is 751 g/mol. The Morgan fingerprint density at radius 2 is 0.966 bits per heavy atom. The Hall–Kier alpha value is -7.95. The fourth-order valence-electron chi connectivity index (χ4n) is 9.24. The molecule has 0 fully saturated rings. The van der Waals surface area contributed by atoms with Gasteiger partial charge in [-0.15, -0.1) is 0 Å². The number of benzene rings is 9. The first-order chi connectivity index (χ1) is 29.3. The Kier molecular flexibility index (Phi) is 7.50. The third-order valence-corrected chi connectivity index (χ3v) is 11.8. The van der Waals surface area contributed by atoms with Gasteiger partial charge >= 0.3 is 0 Å². The van der Waals surface area contributed by atoms with Crippen molar-refractivity contribution in [2.45, 2.75) is 0 Å². The molecule has 0 aliphatic heterocycles. The molecule has 0 amide bonds. The van der Waals surface area contributed by atoms with Crippen LogP contribution in [0.1, 0.15) is 0 Å². The lowest BCUT2D eigenvalue weighted by Gasteiger charge is -2.19. The van der Waals surface area contributed by atoms with Gasteiger partial charge in [0.05, 0.1) is 27.9 Å². The van der Waals surface area contributed by atoms with Crippen molar-refractivity contribution in [2.24, 2.45) is 0 Å². The number of hydrogen-bond acceptors (Lipinski definition) is 3. The zero-order valence-electron chi connectivity index (χ0n) is 31.9. The fourth-order valence-corrected chi connectivity index (χ4v) is 9.24. The van der Waals surface area contributed by atoms with Gasteiger partial charge in [0.2, 0.25) is 0 Å². The Morgan fingerprint density at radius 3 is 1.66 bits per heavy atom. The van der Waals surface area contributed by atoms with Crippen molar-refractivity contribution in [1.82, 2.24) is 19.7 Å². The molecule has 0 bridgehead atoms. The smallest absolute Gasteiger partial charge is 0.101 e. The van der Waals surface area contributed by atoms with Gasteiger partial charge in [-0.25, -0.2) is 9.67 Å². The van der Waals surface area contributed by atoms with Crippen molar-refractivity contribution in [3.8, 4) is 50.5 Å². The molecule has 59 heavy (non-hydrogen) atoms. The molecule has 0 saturated carbocycles. The van der Waals surface area contributed by atoms with Crippen LogP contribution in [0.3, 0.4) is 0 Å². The van der Waals surface area contributed by atoms with Crippen molar-refractivity contribution >= 4 is 65.0 Å². The summed E-state index contributed by atoms with van der Waals surface area (Å²) >= 11 is 0.